The summed E-state index contributed by atoms with van der Waals surface area (Å²) < 4.78 is 2.48. The predicted octanol–water partition coefficient (Wildman–Crippen LogP) is 3.48. The molecule has 2 aromatic rings. The molecule has 0 spiro atoms. The SMILES string of the molecule is CC1(C)C2CCC1(C)[N+](Cc1ccccn1)=CN2c1ccccn1. The van der Waals surface area contributed by atoms with E-state index in [0.29, 0.717) is 6.04 Å². The topological polar surface area (TPSA) is 32.0 Å². The van der Waals surface area contributed by atoms with Crippen LogP contribution in [-0.2, 0) is 6.54 Å². The van der Waals surface area contributed by atoms with Crippen molar-refractivity contribution in [2.75, 3.05) is 4.90 Å². The van der Waals surface area contributed by atoms with E-state index < -0.39 is 0 Å². The molecule has 4 nitrogen and oxygen atoms in total. The minimum atomic E-state index is 0.139. The van der Waals surface area contributed by atoms with E-state index in [-0.39, 0.29) is 11.0 Å². The van der Waals surface area contributed by atoms with Gasteiger partial charge < -0.3 is 0 Å². The Kier molecular flexibility index (Phi) is 3.44. The van der Waals surface area contributed by atoms with Gasteiger partial charge in [0, 0.05) is 23.9 Å². The number of anilines is 1. The summed E-state index contributed by atoms with van der Waals surface area (Å²) in [5.74, 6) is 1.03. The van der Waals surface area contributed by atoms with Crippen LogP contribution in [0.4, 0.5) is 5.82 Å². The fraction of sp³-hybridized carbons (Fsp3) is 0.450. The van der Waals surface area contributed by atoms with Crippen LogP contribution in [0.15, 0.2) is 48.8 Å². The lowest BCUT2D eigenvalue weighted by Crippen LogP contribution is -2.61. The molecular weight excluding hydrogens is 296 g/mol. The first-order valence-corrected chi connectivity index (χ1v) is 8.73. The van der Waals surface area contributed by atoms with Gasteiger partial charge in [0.25, 0.3) is 0 Å². The van der Waals surface area contributed by atoms with E-state index in [9.17, 15) is 0 Å². The molecule has 3 heterocycles. The Morgan fingerprint density at radius 2 is 1.83 bits per heavy atom. The Bertz CT molecular complexity index is 754. The van der Waals surface area contributed by atoms with Crippen LogP contribution in [0.2, 0.25) is 0 Å². The minimum absolute atomic E-state index is 0.139. The lowest BCUT2D eigenvalue weighted by Gasteiger charge is -2.45. The van der Waals surface area contributed by atoms with E-state index in [0.717, 1.165) is 18.1 Å². The Morgan fingerprint density at radius 1 is 1.08 bits per heavy atom. The van der Waals surface area contributed by atoms with E-state index in [4.69, 9.17) is 0 Å². The molecule has 4 heteroatoms. The Hall–Kier alpha value is -2.23. The monoisotopic (exact) mass is 321 g/mol. The van der Waals surface area contributed by atoms with Crippen LogP contribution < -0.4 is 4.90 Å². The van der Waals surface area contributed by atoms with Gasteiger partial charge in [-0.1, -0.05) is 26.0 Å². The summed E-state index contributed by atoms with van der Waals surface area (Å²) in [6.07, 6.45) is 8.41. The number of rotatable bonds is 3. The van der Waals surface area contributed by atoms with Gasteiger partial charge in [-0.2, -0.15) is 0 Å². The van der Waals surface area contributed by atoms with Gasteiger partial charge in [0.1, 0.15) is 18.1 Å². The Labute approximate surface area is 143 Å². The van der Waals surface area contributed by atoms with Crippen molar-refractivity contribution in [2.45, 2.75) is 51.7 Å². The zero-order valence-corrected chi connectivity index (χ0v) is 14.7. The second-order valence-corrected chi connectivity index (χ2v) is 7.71. The van der Waals surface area contributed by atoms with E-state index in [1.165, 1.54) is 12.8 Å². The maximum atomic E-state index is 4.60. The van der Waals surface area contributed by atoms with Crippen molar-refractivity contribution in [1.29, 1.82) is 0 Å². The molecule has 2 aliphatic rings. The summed E-state index contributed by atoms with van der Waals surface area (Å²) in [4.78, 5) is 11.5. The van der Waals surface area contributed by atoms with Crippen molar-refractivity contribution in [2.24, 2.45) is 5.41 Å². The second kappa shape index (κ2) is 5.40. The highest BCUT2D eigenvalue weighted by atomic mass is 15.3. The fourth-order valence-electron chi connectivity index (χ4n) is 4.43. The molecule has 24 heavy (non-hydrogen) atoms. The maximum absolute atomic E-state index is 4.60. The quantitative estimate of drug-likeness (QED) is 0.811. The molecule has 0 N–H and O–H groups in total. The van der Waals surface area contributed by atoms with Crippen molar-refractivity contribution < 1.29 is 4.58 Å². The van der Waals surface area contributed by atoms with E-state index >= 15 is 0 Å². The maximum Gasteiger partial charge on any atom is 0.241 e. The van der Waals surface area contributed by atoms with Gasteiger partial charge in [-0.05, 0) is 38.0 Å². The molecule has 1 aliphatic carbocycles. The number of aromatic nitrogens is 2. The molecule has 1 aliphatic heterocycles. The first-order chi connectivity index (χ1) is 11.5. The normalized spacial score (nSPS) is 27.9. The largest absolute Gasteiger partial charge is 0.257 e. The van der Waals surface area contributed by atoms with Crippen LogP contribution in [0.25, 0.3) is 0 Å². The molecule has 0 radical (unpaired) electrons. The number of hydrogen-bond donors (Lipinski definition) is 0. The molecule has 0 aromatic carbocycles. The summed E-state index contributed by atoms with van der Waals surface area (Å²) in [5.41, 5.74) is 1.42. The highest BCUT2D eigenvalue weighted by molar-refractivity contribution is 5.76. The number of hydrogen-bond acceptors (Lipinski definition) is 3. The van der Waals surface area contributed by atoms with E-state index in [1.807, 2.05) is 24.5 Å². The van der Waals surface area contributed by atoms with E-state index in [2.05, 4.69) is 70.8 Å². The minimum Gasteiger partial charge on any atom is -0.257 e. The van der Waals surface area contributed by atoms with Crippen LogP contribution in [0, 0.1) is 5.41 Å². The van der Waals surface area contributed by atoms with Crippen molar-refractivity contribution in [3.63, 3.8) is 0 Å². The summed E-state index contributed by atoms with van der Waals surface area (Å²) in [6.45, 7) is 8.04. The number of nitrogens with zero attached hydrogens (tertiary/aromatic N) is 4. The molecule has 2 atom stereocenters. The molecule has 0 amide bonds. The third-order valence-corrected chi connectivity index (χ3v) is 6.33. The molecule has 4 rings (SSSR count). The van der Waals surface area contributed by atoms with Gasteiger partial charge in [0.2, 0.25) is 12.2 Å². The Balaban J connectivity index is 1.79. The molecule has 0 saturated heterocycles. The zero-order chi connectivity index (χ0) is 16.8. The van der Waals surface area contributed by atoms with Crippen molar-refractivity contribution in [3.8, 4) is 0 Å². The van der Waals surface area contributed by atoms with Crippen LogP contribution in [0.3, 0.4) is 0 Å². The van der Waals surface area contributed by atoms with Crippen LogP contribution in [0.5, 0.6) is 0 Å². The smallest absolute Gasteiger partial charge is 0.241 e. The molecule has 2 aromatic heterocycles. The fourth-order valence-corrected chi connectivity index (χ4v) is 4.43. The molecule has 1 fully saturated rings. The van der Waals surface area contributed by atoms with E-state index in [1.54, 1.807) is 0 Å². The molecule has 2 unspecified atom stereocenters. The predicted molar refractivity (Wildman–Crippen MR) is 96.2 cm³/mol. The first kappa shape index (κ1) is 15.3. The van der Waals surface area contributed by atoms with Gasteiger partial charge in [-0.15, -0.1) is 0 Å². The van der Waals surface area contributed by atoms with Gasteiger partial charge in [0.05, 0.1) is 5.69 Å². The highest BCUT2D eigenvalue weighted by Gasteiger charge is 2.63. The van der Waals surface area contributed by atoms with Crippen LogP contribution in [0.1, 0.15) is 39.3 Å². The van der Waals surface area contributed by atoms with Gasteiger partial charge in [-0.3, -0.25) is 9.56 Å². The average Bonchev–Trinajstić information content (AvgIpc) is 2.74. The number of fused-ring (bicyclic) bond motifs is 2. The molecule has 2 bridgehead atoms. The van der Waals surface area contributed by atoms with Crippen LogP contribution in [-0.4, -0.2) is 32.5 Å². The average molecular weight is 321 g/mol. The van der Waals surface area contributed by atoms with Crippen LogP contribution >= 0.6 is 0 Å². The Morgan fingerprint density at radius 3 is 2.50 bits per heavy atom. The molecule has 124 valence electrons. The summed E-state index contributed by atoms with van der Waals surface area (Å²) in [5, 5.41) is 0. The standard InChI is InChI=1S/C20H25N4/c1-19(2)17-10-11-20(19,3)23(14-16-8-4-6-12-21-16)15-24(17)18-9-5-7-13-22-18/h4-9,12-13,15,17H,10-11,14H2,1-3H3/q+1. The highest BCUT2D eigenvalue weighted by Crippen LogP contribution is 2.52. The van der Waals surface area contributed by atoms with Crippen molar-refractivity contribution in [3.05, 3.63) is 54.5 Å². The van der Waals surface area contributed by atoms with Crippen molar-refractivity contribution >= 4 is 12.2 Å². The second-order valence-electron chi connectivity index (χ2n) is 7.71. The lowest BCUT2D eigenvalue weighted by atomic mass is 9.72. The summed E-state index contributed by atoms with van der Waals surface area (Å²) >= 11 is 0. The summed E-state index contributed by atoms with van der Waals surface area (Å²) in [7, 11) is 0. The third kappa shape index (κ3) is 2.16. The lowest BCUT2D eigenvalue weighted by molar-refractivity contribution is -0.634. The summed E-state index contributed by atoms with van der Waals surface area (Å²) in [6, 6.07) is 12.8. The van der Waals surface area contributed by atoms with Gasteiger partial charge >= 0.3 is 0 Å². The third-order valence-electron chi connectivity index (χ3n) is 6.33. The van der Waals surface area contributed by atoms with Crippen molar-refractivity contribution in [1.82, 2.24) is 9.97 Å². The molecular formula is C20H25N4+. The number of pyridine rings is 2. The van der Waals surface area contributed by atoms with Gasteiger partial charge in [-0.25, -0.2) is 9.88 Å². The first-order valence-electron chi connectivity index (χ1n) is 8.73. The van der Waals surface area contributed by atoms with Gasteiger partial charge in [0.15, 0.2) is 0 Å². The molecule has 1 saturated carbocycles. The zero-order valence-electron chi connectivity index (χ0n) is 14.7.